The molecule has 0 aliphatic heterocycles. The molecular formula is C10H9FN4. The summed E-state index contributed by atoms with van der Waals surface area (Å²) in [5.41, 5.74) is 12.6. The van der Waals surface area contributed by atoms with Crippen LogP contribution in [0.25, 0.3) is 11.3 Å². The van der Waals surface area contributed by atoms with Crippen LogP contribution in [0.4, 0.5) is 15.9 Å². The van der Waals surface area contributed by atoms with Crippen molar-refractivity contribution < 1.29 is 4.39 Å². The fourth-order valence-corrected chi connectivity index (χ4v) is 1.26. The molecule has 4 nitrogen and oxygen atoms in total. The van der Waals surface area contributed by atoms with Gasteiger partial charge in [0.2, 0.25) is 5.95 Å². The minimum absolute atomic E-state index is 0.327. The first kappa shape index (κ1) is 9.39. The van der Waals surface area contributed by atoms with E-state index in [4.69, 9.17) is 11.5 Å². The molecule has 0 bridgehead atoms. The average Bonchev–Trinajstić information content (AvgIpc) is 2.17. The van der Waals surface area contributed by atoms with Gasteiger partial charge in [-0.05, 0) is 12.1 Å². The minimum Gasteiger partial charge on any atom is -0.398 e. The van der Waals surface area contributed by atoms with Crippen LogP contribution >= 0.6 is 0 Å². The molecule has 2 aromatic heterocycles. The maximum atomic E-state index is 12.9. The lowest BCUT2D eigenvalue weighted by Gasteiger charge is -2.04. The Hall–Kier alpha value is -2.17. The lowest BCUT2D eigenvalue weighted by molar-refractivity contribution is 0.585. The number of anilines is 2. The molecule has 0 saturated heterocycles. The number of aromatic nitrogens is 2. The van der Waals surface area contributed by atoms with Gasteiger partial charge in [-0.25, -0.2) is 9.97 Å². The Morgan fingerprint density at radius 3 is 2.67 bits per heavy atom. The van der Waals surface area contributed by atoms with E-state index in [9.17, 15) is 4.39 Å². The predicted octanol–water partition coefficient (Wildman–Crippen LogP) is 1.45. The third kappa shape index (κ3) is 1.85. The van der Waals surface area contributed by atoms with Crippen molar-refractivity contribution in [1.29, 1.82) is 0 Å². The highest BCUT2D eigenvalue weighted by Gasteiger charge is 2.05. The first-order chi connectivity index (χ1) is 7.16. The van der Waals surface area contributed by atoms with Crippen LogP contribution in [-0.2, 0) is 0 Å². The largest absolute Gasteiger partial charge is 0.398 e. The van der Waals surface area contributed by atoms with Gasteiger partial charge in [0.05, 0.1) is 5.69 Å². The van der Waals surface area contributed by atoms with E-state index in [1.54, 1.807) is 12.1 Å². The maximum absolute atomic E-state index is 12.9. The molecular weight excluding hydrogens is 195 g/mol. The second-order valence-corrected chi connectivity index (χ2v) is 3.04. The molecule has 0 fully saturated rings. The highest BCUT2D eigenvalue weighted by Crippen LogP contribution is 2.24. The lowest BCUT2D eigenvalue weighted by atomic mass is 10.1. The third-order valence-corrected chi connectivity index (χ3v) is 1.95. The molecule has 0 aromatic carbocycles. The summed E-state index contributed by atoms with van der Waals surface area (Å²) in [5, 5.41) is 0. The fraction of sp³-hybridized carbons (Fsp3) is 0. The van der Waals surface area contributed by atoms with Crippen LogP contribution in [0, 0.1) is 5.95 Å². The Balaban J connectivity index is 2.54. The van der Waals surface area contributed by atoms with Gasteiger partial charge in [-0.2, -0.15) is 4.39 Å². The van der Waals surface area contributed by atoms with Crippen molar-refractivity contribution in [3.63, 3.8) is 0 Å². The Morgan fingerprint density at radius 2 is 2.00 bits per heavy atom. The van der Waals surface area contributed by atoms with E-state index in [2.05, 4.69) is 9.97 Å². The van der Waals surface area contributed by atoms with Gasteiger partial charge < -0.3 is 11.5 Å². The fourth-order valence-electron chi connectivity index (χ4n) is 1.26. The molecule has 0 unspecified atom stereocenters. The molecule has 0 atom stereocenters. The third-order valence-electron chi connectivity index (χ3n) is 1.95. The molecule has 2 heterocycles. The first-order valence-corrected chi connectivity index (χ1v) is 4.31. The van der Waals surface area contributed by atoms with E-state index >= 15 is 0 Å². The number of hydrogen-bond acceptors (Lipinski definition) is 4. The van der Waals surface area contributed by atoms with Gasteiger partial charge >= 0.3 is 0 Å². The van der Waals surface area contributed by atoms with Crippen molar-refractivity contribution >= 4 is 11.5 Å². The lowest BCUT2D eigenvalue weighted by Crippen LogP contribution is -1.97. The highest BCUT2D eigenvalue weighted by molar-refractivity contribution is 5.74. The van der Waals surface area contributed by atoms with Crippen molar-refractivity contribution in [2.75, 3.05) is 11.5 Å². The van der Waals surface area contributed by atoms with Crippen LogP contribution in [0.3, 0.4) is 0 Å². The molecule has 15 heavy (non-hydrogen) atoms. The molecule has 0 aliphatic rings. The monoisotopic (exact) mass is 204 g/mol. The Bertz CT molecular complexity index is 499. The molecule has 0 aliphatic carbocycles. The zero-order valence-corrected chi connectivity index (χ0v) is 7.81. The van der Waals surface area contributed by atoms with Crippen LogP contribution in [0.2, 0.25) is 0 Å². The second-order valence-electron chi connectivity index (χ2n) is 3.04. The van der Waals surface area contributed by atoms with E-state index in [1.165, 1.54) is 18.3 Å². The smallest absolute Gasteiger partial charge is 0.213 e. The Labute approximate surface area is 85.8 Å². The van der Waals surface area contributed by atoms with Gasteiger partial charge in [0, 0.05) is 23.5 Å². The van der Waals surface area contributed by atoms with Crippen LogP contribution in [-0.4, -0.2) is 9.97 Å². The highest BCUT2D eigenvalue weighted by atomic mass is 19.1. The second kappa shape index (κ2) is 3.53. The minimum atomic E-state index is -0.552. The Kier molecular flexibility index (Phi) is 2.21. The summed E-state index contributed by atoms with van der Waals surface area (Å²) in [6, 6.07) is 6.01. The molecule has 76 valence electrons. The van der Waals surface area contributed by atoms with E-state index < -0.39 is 5.95 Å². The number of nitrogens with two attached hydrogens (primary N) is 2. The zero-order valence-electron chi connectivity index (χ0n) is 7.81. The van der Waals surface area contributed by atoms with E-state index in [0.29, 0.717) is 22.8 Å². The predicted molar refractivity (Wildman–Crippen MR) is 56.3 cm³/mol. The van der Waals surface area contributed by atoms with Gasteiger partial charge in [0.1, 0.15) is 5.82 Å². The molecule has 5 heteroatoms. The SMILES string of the molecule is Nc1cc(N)c(-c2cccc(F)n2)cn1. The van der Waals surface area contributed by atoms with Crippen molar-refractivity contribution in [2.45, 2.75) is 0 Å². The summed E-state index contributed by atoms with van der Waals surface area (Å²) in [6.07, 6.45) is 1.48. The number of halogens is 1. The van der Waals surface area contributed by atoms with Crippen molar-refractivity contribution in [3.05, 3.63) is 36.4 Å². The molecule has 0 saturated carbocycles. The van der Waals surface area contributed by atoms with Gasteiger partial charge in [0.25, 0.3) is 0 Å². The van der Waals surface area contributed by atoms with E-state index in [0.717, 1.165) is 0 Å². The standard InChI is InChI=1S/C10H9FN4/c11-9-3-1-2-8(15-9)6-5-14-10(13)4-7(6)12/h1-5H,(H4,12,13,14). The molecule has 4 N–H and O–H groups in total. The van der Waals surface area contributed by atoms with Gasteiger partial charge in [-0.1, -0.05) is 6.07 Å². The molecule has 0 radical (unpaired) electrons. The summed E-state index contributed by atoms with van der Waals surface area (Å²) < 4.78 is 12.9. The quantitative estimate of drug-likeness (QED) is 0.689. The van der Waals surface area contributed by atoms with Gasteiger partial charge in [0.15, 0.2) is 0 Å². The summed E-state index contributed by atoms with van der Waals surface area (Å²) in [6.45, 7) is 0. The van der Waals surface area contributed by atoms with E-state index in [-0.39, 0.29) is 0 Å². The van der Waals surface area contributed by atoms with Gasteiger partial charge in [-0.15, -0.1) is 0 Å². The average molecular weight is 204 g/mol. The summed E-state index contributed by atoms with van der Waals surface area (Å²) in [7, 11) is 0. The normalized spacial score (nSPS) is 10.2. The number of nitrogen functional groups attached to an aromatic ring is 2. The van der Waals surface area contributed by atoms with Crippen LogP contribution in [0.15, 0.2) is 30.5 Å². The van der Waals surface area contributed by atoms with E-state index in [1.807, 2.05) is 0 Å². The van der Waals surface area contributed by atoms with Crippen LogP contribution in [0.1, 0.15) is 0 Å². The summed E-state index contributed by atoms with van der Waals surface area (Å²) >= 11 is 0. The molecule has 2 rings (SSSR count). The summed E-state index contributed by atoms with van der Waals surface area (Å²) in [4.78, 5) is 7.59. The molecule has 0 spiro atoms. The topological polar surface area (TPSA) is 77.8 Å². The van der Waals surface area contributed by atoms with Crippen LogP contribution in [0.5, 0.6) is 0 Å². The van der Waals surface area contributed by atoms with Crippen LogP contribution < -0.4 is 11.5 Å². The van der Waals surface area contributed by atoms with Crippen molar-refractivity contribution in [2.24, 2.45) is 0 Å². The number of rotatable bonds is 1. The van der Waals surface area contributed by atoms with Crippen molar-refractivity contribution in [1.82, 2.24) is 9.97 Å². The maximum Gasteiger partial charge on any atom is 0.213 e. The number of hydrogen-bond donors (Lipinski definition) is 2. The number of pyridine rings is 2. The van der Waals surface area contributed by atoms with Gasteiger partial charge in [-0.3, -0.25) is 0 Å². The first-order valence-electron chi connectivity index (χ1n) is 4.31. The molecule has 0 amide bonds. The Morgan fingerprint density at radius 1 is 1.20 bits per heavy atom. The molecule has 2 aromatic rings. The zero-order chi connectivity index (χ0) is 10.8. The summed E-state index contributed by atoms with van der Waals surface area (Å²) in [5.74, 6) is -0.226. The van der Waals surface area contributed by atoms with Crippen molar-refractivity contribution in [3.8, 4) is 11.3 Å². The number of nitrogens with zero attached hydrogens (tertiary/aromatic N) is 2.